The summed E-state index contributed by atoms with van der Waals surface area (Å²) in [7, 11) is 0. The van der Waals surface area contributed by atoms with Gasteiger partial charge < -0.3 is 4.74 Å². The van der Waals surface area contributed by atoms with Crippen molar-refractivity contribution in [2.75, 3.05) is 5.75 Å². The Morgan fingerprint density at radius 2 is 2.05 bits per heavy atom. The van der Waals surface area contributed by atoms with Gasteiger partial charge in [0.05, 0.1) is 10.7 Å². The molecule has 0 saturated heterocycles. The summed E-state index contributed by atoms with van der Waals surface area (Å²) in [5.41, 5.74) is 0.489. The average molecular weight is 283 g/mol. The number of hydrogen-bond acceptors (Lipinski definition) is 5. The lowest BCUT2D eigenvalue weighted by Crippen LogP contribution is -2.17. The SMILES string of the molecule is Cc1cc(OC(=O)CSC(C)(C)C)ccc1[N+](=O)[O-]. The number of nitrogens with zero attached hydrogens (tertiary/aromatic N) is 1. The first-order valence-corrected chi connectivity index (χ1v) is 6.77. The van der Waals surface area contributed by atoms with Crippen LogP contribution in [0, 0.1) is 17.0 Å². The van der Waals surface area contributed by atoms with E-state index in [9.17, 15) is 14.9 Å². The summed E-state index contributed by atoms with van der Waals surface area (Å²) in [5, 5.41) is 10.7. The largest absolute Gasteiger partial charge is 0.426 e. The zero-order chi connectivity index (χ0) is 14.6. The van der Waals surface area contributed by atoms with Crippen LogP contribution in [0.25, 0.3) is 0 Å². The molecule has 0 saturated carbocycles. The average Bonchev–Trinajstić information content (AvgIpc) is 2.25. The fourth-order valence-corrected chi connectivity index (χ4v) is 1.94. The van der Waals surface area contributed by atoms with Crippen molar-refractivity contribution in [3.63, 3.8) is 0 Å². The highest BCUT2D eigenvalue weighted by atomic mass is 32.2. The number of nitro groups is 1. The Morgan fingerprint density at radius 1 is 1.42 bits per heavy atom. The highest BCUT2D eigenvalue weighted by molar-refractivity contribution is 8.01. The Labute approximate surface area is 116 Å². The maximum Gasteiger partial charge on any atom is 0.321 e. The summed E-state index contributed by atoms with van der Waals surface area (Å²) in [6, 6.07) is 4.28. The molecule has 6 heteroatoms. The van der Waals surface area contributed by atoms with E-state index in [1.807, 2.05) is 20.8 Å². The van der Waals surface area contributed by atoms with Crippen molar-refractivity contribution in [2.45, 2.75) is 32.4 Å². The van der Waals surface area contributed by atoms with Gasteiger partial charge in [-0.3, -0.25) is 14.9 Å². The summed E-state index contributed by atoms with van der Waals surface area (Å²) < 4.78 is 5.13. The predicted octanol–water partition coefficient (Wildman–Crippen LogP) is 3.34. The first-order chi connectivity index (χ1) is 8.69. The monoisotopic (exact) mass is 283 g/mol. The van der Waals surface area contributed by atoms with Crippen LogP contribution in [0.1, 0.15) is 26.3 Å². The summed E-state index contributed by atoms with van der Waals surface area (Å²) in [6.07, 6.45) is 0. The van der Waals surface area contributed by atoms with E-state index in [0.29, 0.717) is 11.3 Å². The van der Waals surface area contributed by atoms with Gasteiger partial charge in [0.25, 0.3) is 5.69 Å². The number of rotatable bonds is 4. The molecule has 0 atom stereocenters. The molecule has 0 heterocycles. The molecule has 0 fully saturated rings. The Kier molecular flexibility index (Phi) is 4.94. The van der Waals surface area contributed by atoms with Crippen molar-refractivity contribution >= 4 is 23.4 Å². The second-order valence-electron chi connectivity index (χ2n) is 5.08. The van der Waals surface area contributed by atoms with Crippen molar-refractivity contribution < 1.29 is 14.5 Å². The van der Waals surface area contributed by atoms with Gasteiger partial charge in [-0.2, -0.15) is 0 Å². The highest BCUT2D eigenvalue weighted by Crippen LogP contribution is 2.25. The fraction of sp³-hybridized carbons (Fsp3) is 0.462. The van der Waals surface area contributed by atoms with Gasteiger partial charge in [-0.25, -0.2) is 0 Å². The standard InChI is InChI=1S/C13H17NO4S/c1-9-7-10(5-6-11(9)14(16)17)18-12(15)8-19-13(2,3)4/h5-7H,8H2,1-4H3. The van der Waals surface area contributed by atoms with Gasteiger partial charge in [0.1, 0.15) is 5.75 Å². The van der Waals surface area contributed by atoms with Crippen LogP contribution in [-0.2, 0) is 4.79 Å². The number of esters is 1. The van der Waals surface area contributed by atoms with Crippen molar-refractivity contribution in [1.29, 1.82) is 0 Å². The van der Waals surface area contributed by atoms with Crippen LogP contribution >= 0.6 is 11.8 Å². The minimum absolute atomic E-state index is 0.00951. The number of hydrogen-bond donors (Lipinski definition) is 0. The van der Waals surface area contributed by atoms with Crippen LogP contribution in [0.2, 0.25) is 0 Å². The van der Waals surface area contributed by atoms with E-state index in [1.54, 1.807) is 6.92 Å². The van der Waals surface area contributed by atoms with E-state index >= 15 is 0 Å². The predicted molar refractivity (Wildman–Crippen MR) is 75.7 cm³/mol. The Bertz CT molecular complexity index is 494. The normalized spacial score (nSPS) is 11.2. The van der Waals surface area contributed by atoms with Crippen molar-refractivity contribution in [1.82, 2.24) is 0 Å². The van der Waals surface area contributed by atoms with Crippen molar-refractivity contribution in [2.24, 2.45) is 0 Å². The molecular formula is C13H17NO4S. The molecule has 0 aliphatic carbocycles. The maximum absolute atomic E-state index is 11.6. The van der Waals surface area contributed by atoms with E-state index in [2.05, 4.69) is 0 Å². The minimum atomic E-state index is -0.462. The Hall–Kier alpha value is -1.56. The van der Waals surface area contributed by atoms with Crippen LogP contribution in [-0.4, -0.2) is 21.4 Å². The number of thioether (sulfide) groups is 1. The number of carbonyl (C=O) groups excluding carboxylic acids is 1. The van der Waals surface area contributed by atoms with Gasteiger partial charge in [-0.1, -0.05) is 20.8 Å². The van der Waals surface area contributed by atoms with Crippen molar-refractivity contribution in [3.8, 4) is 5.75 Å². The van der Waals surface area contributed by atoms with Crippen LogP contribution in [0.5, 0.6) is 5.75 Å². The van der Waals surface area contributed by atoms with E-state index < -0.39 is 4.92 Å². The highest BCUT2D eigenvalue weighted by Gasteiger charge is 2.16. The molecule has 0 bridgehead atoms. The second-order valence-corrected chi connectivity index (χ2v) is 6.88. The minimum Gasteiger partial charge on any atom is -0.426 e. The number of nitro benzene ring substituents is 1. The lowest BCUT2D eigenvalue weighted by atomic mass is 10.2. The molecule has 0 aliphatic rings. The molecule has 5 nitrogen and oxygen atoms in total. The molecule has 0 aliphatic heterocycles. The number of ether oxygens (including phenoxy) is 1. The van der Waals surface area contributed by atoms with E-state index in [-0.39, 0.29) is 22.2 Å². The van der Waals surface area contributed by atoms with Crippen molar-refractivity contribution in [3.05, 3.63) is 33.9 Å². The van der Waals surface area contributed by atoms with Gasteiger partial charge in [0, 0.05) is 16.4 Å². The van der Waals surface area contributed by atoms with Crippen LogP contribution in [0.15, 0.2) is 18.2 Å². The maximum atomic E-state index is 11.6. The Balaban J connectivity index is 2.65. The first kappa shape index (κ1) is 15.5. The Morgan fingerprint density at radius 3 is 2.53 bits per heavy atom. The van der Waals surface area contributed by atoms with Gasteiger partial charge in [0.15, 0.2) is 0 Å². The lowest BCUT2D eigenvalue weighted by Gasteiger charge is -2.16. The van der Waals surface area contributed by atoms with E-state index in [0.717, 1.165) is 0 Å². The molecular weight excluding hydrogens is 266 g/mol. The molecule has 0 spiro atoms. The molecule has 0 amide bonds. The first-order valence-electron chi connectivity index (χ1n) is 5.79. The quantitative estimate of drug-likeness (QED) is 0.367. The summed E-state index contributed by atoms with van der Waals surface area (Å²) >= 11 is 1.49. The summed E-state index contributed by atoms with van der Waals surface area (Å²) in [5.74, 6) is 0.232. The zero-order valence-corrected chi connectivity index (χ0v) is 12.2. The molecule has 1 aromatic rings. The van der Waals surface area contributed by atoms with Crippen LogP contribution < -0.4 is 4.74 Å². The number of benzene rings is 1. The third kappa shape index (κ3) is 5.30. The molecule has 1 rings (SSSR count). The van der Waals surface area contributed by atoms with E-state index in [4.69, 9.17) is 4.74 Å². The van der Waals surface area contributed by atoms with Gasteiger partial charge in [0.2, 0.25) is 0 Å². The molecule has 0 N–H and O–H groups in total. The topological polar surface area (TPSA) is 69.4 Å². The number of carbonyl (C=O) groups is 1. The van der Waals surface area contributed by atoms with Gasteiger partial charge in [-0.15, -0.1) is 11.8 Å². The molecule has 0 radical (unpaired) electrons. The number of aryl methyl sites for hydroxylation is 1. The van der Waals surface area contributed by atoms with Gasteiger partial charge >= 0.3 is 5.97 Å². The zero-order valence-electron chi connectivity index (χ0n) is 11.4. The van der Waals surface area contributed by atoms with Crippen LogP contribution in [0.4, 0.5) is 5.69 Å². The molecule has 19 heavy (non-hydrogen) atoms. The summed E-state index contributed by atoms with van der Waals surface area (Å²) in [4.78, 5) is 21.8. The third-order valence-corrected chi connectivity index (χ3v) is 3.47. The summed E-state index contributed by atoms with van der Waals surface area (Å²) in [6.45, 7) is 7.66. The molecule has 1 aromatic carbocycles. The fourth-order valence-electron chi connectivity index (χ4n) is 1.33. The lowest BCUT2D eigenvalue weighted by molar-refractivity contribution is -0.385. The van der Waals surface area contributed by atoms with Crippen LogP contribution in [0.3, 0.4) is 0 Å². The smallest absolute Gasteiger partial charge is 0.321 e. The second kappa shape index (κ2) is 6.06. The van der Waals surface area contributed by atoms with E-state index in [1.165, 1.54) is 30.0 Å². The molecule has 0 aromatic heterocycles. The molecule has 0 unspecified atom stereocenters. The van der Waals surface area contributed by atoms with Gasteiger partial charge in [-0.05, 0) is 19.1 Å². The molecule has 104 valence electrons. The third-order valence-electron chi connectivity index (χ3n) is 2.22.